The van der Waals surface area contributed by atoms with E-state index in [2.05, 4.69) is 10.6 Å². The fourth-order valence-corrected chi connectivity index (χ4v) is 2.07. The molecule has 0 heterocycles. The normalized spacial score (nSPS) is 24.9. The molecule has 1 aliphatic carbocycles. The molecule has 1 saturated carbocycles. The Morgan fingerprint density at radius 1 is 0.938 bits per heavy atom. The molecule has 0 amide bonds. The Labute approximate surface area is 93.3 Å². The molecule has 0 aromatic rings. The summed E-state index contributed by atoms with van der Waals surface area (Å²) in [6.45, 7) is 0. The summed E-state index contributed by atoms with van der Waals surface area (Å²) in [5, 5.41) is 7.45. The number of nitrogens with zero attached hydrogens (tertiary/aromatic N) is 4. The van der Waals surface area contributed by atoms with E-state index in [0.29, 0.717) is 12.8 Å². The zero-order valence-corrected chi connectivity index (χ0v) is 9.40. The molecule has 1 aliphatic rings. The van der Waals surface area contributed by atoms with Gasteiger partial charge in [-0.15, -0.1) is 20.2 Å². The largest absolute Gasteiger partial charge is 0.257 e. The Hall–Kier alpha value is -1.28. The molecule has 8 nitrogen and oxygen atoms in total. The van der Waals surface area contributed by atoms with Crippen LogP contribution in [0.2, 0.25) is 0 Å². The van der Waals surface area contributed by atoms with Gasteiger partial charge < -0.3 is 0 Å². The molecule has 0 bridgehead atoms. The van der Waals surface area contributed by atoms with Gasteiger partial charge >= 0.3 is 0 Å². The van der Waals surface area contributed by atoms with Gasteiger partial charge in [0.1, 0.15) is 12.1 Å². The van der Waals surface area contributed by atoms with Crippen molar-refractivity contribution in [2.24, 2.45) is 10.6 Å². The van der Waals surface area contributed by atoms with Crippen molar-refractivity contribution >= 4 is 0 Å². The van der Waals surface area contributed by atoms with Crippen molar-refractivity contribution in [3.8, 4) is 0 Å². The Morgan fingerprint density at radius 3 is 1.56 bits per heavy atom. The molecule has 0 radical (unpaired) electrons. The molecule has 0 aromatic heterocycles. The predicted octanol–water partition coefficient (Wildman–Crippen LogP) is 1.39. The molecule has 0 aromatic carbocycles. The van der Waals surface area contributed by atoms with Gasteiger partial charge in [0.15, 0.2) is 0 Å². The average molecular weight is 232 g/mol. The van der Waals surface area contributed by atoms with Crippen molar-refractivity contribution in [3.63, 3.8) is 0 Å². The summed E-state index contributed by atoms with van der Waals surface area (Å²) in [4.78, 5) is 30.8. The zero-order chi connectivity index (χ0) is 12.0. The van der Waals surface area contributed by atoms with Crippen LogP contribution in [0.25, 0.3) is 0 Å². The maximum atomic E-state index is 10.6. The fraction of sp³-hybridized carbons (Fsp3) is 1.00. The van der Waals surface area contributed by atoms with Crippen molar-refractivity contribution in [1.29, 1.82) is 0 Å². The van der Waals surface area contributed by atoms with Gasteiger partial charge in [0.05, 0.1) is 24.8 Å². The Bertz CT molecular complexity index is 216. The number of hydrogen-bond donors (Lipinski definition) is 0. The van der Waals surface area contributed by atoms with E-state index in [-0.39, 0.29) is 12.1 Å². The smallest absolute Gasteiger partial charge is 0.104 e. The van der Waals surface area contributed by atoms with Crippen LogP contribution in [-0.4, -0.2) is 36.6 Å². The van der Waals surface area contributed by atoms with Gasteiger partial charge in [0.25, 0.3) is 0 Å². The van der Waals surface area contributed by atoms with Crippen molar-refractivity contribution < 1.29 is 9.68 Å². The van der Waals surface area contributed by atoms with Crippen molar-refractivity contribution in [2.75, 3.05) is 14.2 Å². The van der Waals surface area contributed by atoms with Crippen LogP contribution in [0.5, 0.6) is 0 Å². The van der Waals surface area contributed by atoms with Crippen LogP contribution >= 0.6 is 0 Å². The molecule has 8 heteroatoms. The van der Waals surface area contributed by atoms with Crippen molar-refractivity contribution in [3.05, 3.63) is 9.81 Å². The highest BCUT2D eigenvalue weighted by molar-refractivity contribution is 4.83. The lowest BCUT2D eigenvalue weighted by Gasteiger charge is -2.36. The molecule has 0 saturated heterocycles. The first-order valence-corrected chi connectivity index (χ1v) is 5.11. The monoisotopic (exact) mass is 232 g/mol. The lowest BCUT2D eigenvalue weighted by molar-refractivity contribution is -0.235. The molecule has 1 rings (SSSR count). The number of rotatable bonds is 6. The van der Waals surface area contributed by atoms with Gasteiger partial charge in [-0.05, 0) is 12.8 Å². The highest BCUT2D eigenvalue weighted by Crippen LogP contribution is 2.27. The quantitative estimate of drug-likeness (QED) is 0.508. The van der Waals surface area contributed by atoms with Crippen LogP contribution in [0.1, 0.15) is 25.7 Å². The standard InChI is InChI=1S/C8H16N4O4/c1-15-11(9-13)7-5-3-4-6-8(7)12(10-14)16-2/h7-8H,3-6H2,1-2H3. The topological polar surface area (TPSA) is 83.8 Å². The molecular weight excluding hydrogens is 216 g/mol. The molecular formula is C8H16N4O4. The summed E-state index contributed by atoms with van der Waals surface area (Å²) in [5.41, 5.74) is 0. The van der Waals surface area contributed by atoms with Crippen LogP contribution in [-0.2, 0) is 9.68 Å². The summed E-state index contributed by atoms with van der Waals surface area (Å²) in [7, 11) is 2.72. The maximum absolute atomic E-state index is 10.6. The zero-order valence-electron chi connectivity index (χ0n) is 9.40. The van der Waals surface area contributed by atoms with Gasteiger partial charge in [-0.25, -0.2) is 0 Å². The third-order valence-corrected chi connectivity index (χ3v) is 2.80. The molecule has 92 valence electrons. The number of hydroxylamine groups is 2. The Kier molecular flexibility index (Phi) is 5.06. The van der Waals surface area contributed by atoms with E-state index in [9.17, 15) is 9.81 Å². The first kappa shape index (κ1) is 12.8. The molecule has 0 spiro atoms. The van der Waals surface area contributed by atoms with E-state index in [1.807, 2.05) is 0 Å². The van der Waals surface area contributed by atoms with Crippen molar-refractivity contribution in [1.82, 2.24) is 10.3 Å². The number of nitroso groups, excluding NO2 is 2. The summed E-state index contributed by atoms with van der Waals surface area (Å²) in [5.74, 6) is 0. The molecule has 2 atom stereocenters. The summed E-state index contributed by atoms with van der Waals surface area (Å²) < 4.78 is 0. The van der Waals surface area contributed by atoms with Crippen LogP contribution in [0, 0.1) is 9.81 Å². The minimum Gasteiger partial charge on any atom is -0.257 e. The highest BCUT2D eigenvalue weighted by atomic mass is 16.7. The van der Waals surface area contributed by atoms with Gasteiger partial charge in [-0.3, -0.25) is 9.68 Å². The average Bonchev–Trinajstić information content (AvgIpc) is 2.34. The summed E-state index contributed by atoms with van der Waals surface area (Å²) in [6, 6.07) is -0.622. The Morgan fingerprint density at radius 2 is 1.31 bits per heavy atom. The SMILES string of the molecule is CON(N=O)C1CCCCC1N(N=O)OC. The van der Waals surface area contributed by atoms with E-state index in [0.717, 1.165) is 23.2 Å². The molecule has 0 aliphatic heterocycles. The third-order valence-electron chi connectivity index (χ3n) is 2.80. The third kappa shape index (κ3) is 2.64. The molecule has 16 heavy (non-hydrogen) atoms. The van der Waals surface area contributed by atoms with E-state index in [1.54, 1.807) is 0 Å². The lowest BCUT2D eigenvalue weighted by atomic mass is 9.91. The van der Waals surface area contributed by atoms with E-state index in [1.165, 1.54) is 14.2 Å². The minimum absolute atomic E-state index is 0.311. The first-order chi connectivity index (χ1) is 7.78. The van der Waals surface area contributed by atoms with E-state index < -0.39 is 0 Å². The summed E-state index contributed by atoms with van der Waals surface area (Å²) in [6.07, 6.45) is 3.32. The highest BCUT2D eigenvalue weighted by Gasteiger charge is 2.36. The van der Waals surface area contributed by atoms with E-state index in [4.69, 9.17) is 9.68 Å². The first-order valence-electron chi connectivity index (χ1n) is 5.11. The predicted molar refractivity (Wildman–Crippen MR) is 55.3 cm³/mol. The van der Waals surface area contributed by atoms with Crippen LogP contribution in [0.15, 0.2) is 10.6 Å². The fourth-order valence-electron chi connectivity index (χ4n) is 2.07. The second-order valence-electron chi connectivity index (χ2n) is 3.55. The number of hydrogen-bond acceptors (Lipinski definition) is 6. The van der Waals surface area contributed by atoms with Crippen LogP contribution in [0.3, 0.4) is 0 Å². The minimum atomic E-state index is -0.311. The molecule has 2 unspecified atom stereocenters. The maximum Gasteiger partial charge on any atom is 0.104 e. The summed E-state index contributed by atoms with van der Waals surface area (Å²) >= 11 is 0. The lowest BCUT2D eigenvalue weighted by Crippen LogP contribution is -2.49. The van der Waals surface area contributed by atoms with Gasteiger partial charge in [-0.1, -0.05) is 12.8 Å². The van der Waals surface area contributed by atoms with Gasteiger partial charge in [-0.2, -0.15) is 0 Å². The second-order valence-corrected chi connectivity index (χ2v) is 3.55. The van der Waals surface area contributed by atoms with Gasteiger partial charge in [0, 0.05) is 0 Å². The Balaban J connectivity index is 2.76. The van der Waals surface area contributed by atoms with Crippen LogP contribution < -0.4 is 0 Å². The molecule has 1 fully saturated rings. The van der Waals surface area contributed by atoms with E-state index >= 15 is 0 Å². The van der Waals surface area contributed by atoms with Crippen molar-refractivity contribution in [2.45, 2.75) is 37.8 Å². The second kappa shape index (κ2) is 6.33. The molecule has 0 N–H and O–H groups in total. The van der Waals surface area contributed by atoms with Gasteiger partial charge in [0.2, 0.25) is 0 Å². The van der Waals surface area contributed by atoms with Crippen LogP contribution in [0.4, 0.5) is 0 Å².